The molecule has 3 nitrogen and oxygen atoms in total. The van der Waals surface area contributed by atoms with Crippen molar-refractivity contribution in [2.75, 3.05) is 11.9 Å². The Balaban J connectivity index is 2.06. The molecule has 1 atom stereocenters. The van der Waals surface area contributed by atoms with Crippen molar-refractivity contribution in [3.8, 4) is 0 Å². The lowest BCUT2D eigenvalue weighted by atomic mass is 10.2. The van der Waals surface area contributed by atoms with Crippen molar-refractivity contribution in [1.29, 1.82) is 0 Å². The van der Waals surface area contributed by atoms with E-state index in [1.54, 1.807) is 11.3 Å². The molecule has 0 bridgehead atoms. The molecule has 0 amide bonds. The van der Waals surface area contributed by atoms with E-state index < -0.39 is 0 Å². The minimum Gasteiger partial charge on any atom is -0.369 e. The smallest absolute Gasteiger partial charge is 0.0701 e. The molecule has 2 aromatic rings. The topological polar surface area (TPSA) is 42.1 Å². The number of halogens is 1. The predicted molar refractivity (Wildman–Crippen MR) is 81.0 cm³/mol. The summed E-state index contributed by atoms with van der Waals surface area (Å²) >= 11 is 5.18. The molecule has 0 saturated heterocycles. The summed E-state index contributed by atoms with van der Waals surface area (Å²) in [6.07, 6.45) is 1.88. The van der Waals surface area contributed by atoms with Gasteiger partial charge in [0.15, 0.2) is 0 Å². The van der Waals surface area contributed by atoms with E-state index >= 15 is 0 Å². The van der Waals surface area contributed by atoms with Crippen LogP contribution in [0.1, 0.15) is 24.2 Å². The van der Waals surface area contributed by atoms with Crippen LogP contribution in [0.15, 0.2) is 33.6 Å². The molecular weight excluding hydrogens is 310 g/mol. The van der Waals surface area contributed by atoms with Crippen LogP contribution in [-0.4, -0.2) is 12.0 Å². The molecular formula is C13H16BrN3S. The standard InChI is InChI=1S/C13H16BrN3S/c1-9(15)12-4-3-11(6-16-12)17(2)7-10-5-13(14)18-8-10/h3-6,8-9H,7,15H2,1-2H3/t9-/m0/s1. The third-order valence-electron chi connectivity index (χ3n) is 2.72. The van der Waals surface area contributed by atoms with Crippen molar-refractivity contribution in [2.45, 2.75) is 19.5 Å². The maximum atomic E-state index is 5.79. The Labute approximate surface area is 120 Å². The minimum absolute atomic E-state index is 0.0165. The Bertz CT molecular complexity index is 507. The van der Waals surface area contributed by atoms with Crippen molar-refractivity contribution in [3.63, 3.8) is 0 Å². The van der Waals surface area contributed by atoms with Crippen molar-refractivity contribution in [1.82, 2.24) is 4.98 Å². The predicted octanol–water partition coefficient (Wildman–Crippen LogP) is 3.56. The molecule has 5 heteroatoms. The Hall–Kier alpha value is -0.910. The minimum atomic E-state index is -0.0165. The second kappa shape index (κ2) is 5.82. The number of nitrogens with two attached hydrogens (primary N) is 1. The maximum Gasteiger partial charge on any atom is 0.0701 e. The molecule has 0 aliphatic rings. The third kappa shape index (κ3) is 3.31. The van der Waals surface area contributed by atoms with E-state index in [0.717, 1.165) is 21.7 Å². The van der Waals surface area contributed by atoms with Gasteiger partial charge in [-0.25, -0.2) is 0 Å². The molecule has 96 valence electrons. The zero-order valence-electron chi connectivity index (χ0n) is 10.4. The maximum absolute atomic E-state index is 5.79. The molecule has 0 radical (unpaired) electrons. The Kier molecular flexibility index (Phi) is 4.37. The average molecular weight is 326 g/mol. The van der Waals surface area contributed by atoms with Crippen LogP contribution in [0, 0.1) is 0 Å². The fourth-order valence-corrected chi connectivity index (χ4v) is 2.89. The zero-order chi connectivity index (χ0) is 13.1. The van der Waals surface area contributed by atoms with Gasteiger partial charge in [0.05, 0.1) is 21.4 Å². The van der Waals surface area contributed by atoms with Gasteiger partial charge in [-0.2, -0.15) is 0 Å². The van der Waals surface area contributed by atoms with Gasteiger partial charge >= 0.3 is 0 Å². The molecule has 2 N–H and O–H groups in total. The summed E-state index contributed by atoms with van der Waals surface area (Å²) in [5.41, 5.74) is 9.10. The number of thiophene rings is 1. The third-order valence-corrected chi connectivity index (χ3v) is 4.27. The van der Waals surface area contributed by atoms with E-state index in [2.05, 4.69) is 50.4 Å². The molecule has 0 saturated carbocycles. The highest BCUT2D eigenvalue weighted by Crippen LogP contribution is 2.23. The van der Waals surface area contributed by atoms with Gasteiger partial charge < -0.3 is 10.6 Å². The summed E-state index contributed by atoms with van der Waals surface area (Å²) < 4.78 is 1.16. The molecule has 2 heterocycles. The molecule has 0 aromatic carbocycles. The van der Waals surface area contributed by atoms with Crippen LogP contribution < -0.4 is 10.6 Å². The molecule has 0 aliphatic carbocycles. The molecule has 2 aromatic heterocycles. The molecule has 2 rings (SSSR count). The quantitative estimate of drug-likeness (QED) is 0.934. The van der Waals surface area contributed by atoms with Gasteiger partial charge in [0.2, 0.25) is 0 Å². The monoisotopic (exact) mass is 325 g/mol. The molecule has 0 aliphatic heterocycles. The lowest BCUT2D eigenvalue weighted by molar-refractivity contribution is 0.779. The SMILES string of the molecule is C[C@H](N)c1ccc(N(C)Cc2csc(Br)c2)cn1. The van der Waals surface area contributed by atoms with E-state index in [1.807, 2.05) is 19.2 Å². The number of hydrogen-bond donors (Lipinski definition) is 1. The normalized spacial score (nSPS) is 12.4. The summed E-state index contributed by atoms with van der Waals surface area (Å²) in [6, 6.07) is 6.18. The number of hydrogen-bond acceptors (Lipinski definition) is 4. The first kappa shape index (κ1) is 13.5. The van der Waals surface area contributed by atoms with Crippen LogP contribution in [0.25, 0.3) is 0 Å². The van der Waals surface area contributed by atoms with Crippen LogP contribution in [0.4, 0.5) is 5.69 Å². The fraction of sp³-hybridized carbons (Fsp3) is 0.308. The van der Waals surface area contributed by atoms with E-state index in [0.29, 0.717) is 0 Å². The lowest BCUT2D eigenvalue weighted by Gasteiger charge is -2.18. The number of pyridine rings is 1. The number of rotatable bonds is 4. The van der Waals surface area contributed by atoms with Gasteiger partial charge in [0.1, 0.15) is 0 Å². The van der Waals surface area contributed by atoms with Gasteiger partial charge in [0, 0.05) is 19.6 Å². The second-order valence-corrected chi connectivity index (χ2v) is 6.64. The zero-order valence-corrected chi connectivity index (χ0v) is 12.8. The first-order chi connectivity index (χ1) is 8.56. The number of aromatic nitrogens is 1. The summed E-state index contributed by atoms with van der Waals surface area (Å²) in [7, 11) is 2.06. The first-order valence-electron chi connectivity index (χ1n) is 5.72. The molecule has 0 spiro atoms. The number of anilines is 1. The van der Waals surface area contributed by atoms with Crippen LogP contribution >= 0.6 is 27.3 Å². The van der Waals surface area contributed by atoms with E-state index in [9.17, 15) is 0 Å². The summed E-state index contributed by atoms with van der Waals surface area (Å²) in [5.74, 6) is 0. The Morgan fingerprint density at radius 1 is 1.50 bits per heavy atom. The average Bonchev–Trinajstić information content (AvgIpc) is 2.75. The summed E-state index contributed by atoms with van der Waals surface area (Å²) in [5, 5.41) is 2.16. The van der Waals surface area contributed by atoms with Crippen molar-refractivity contribution < 1.29 is 0 Å². The van der Waals surface area contributed by atoms with E-state index in [-0.39, 0.29) is 6.04 Å². The van der Waals surface area contributed by atoms with E-state index in [4.69, 9.17) is 5.73 Å². The van der Waals surface area contributed by atoms with Crippen LogP contribution in [0.3, 0.4) is 0 Å². The van der Waals surface area contributed by atoms with Gasteiger partial charge in [-0.05, 0) is 52.0 Å². The molecule has 18 heavy (non-hydrogen) atoms. The lowest BCUT2D eigenvalue weighted by Crippen LogP contribution is -2.16. The molecule has 0 unspecified atom stereocenters. The van der Waals surface area contributed by atoms with Crippen molar-refractivity contribution >= 4 is 33.0 Å². The first-order valence-corrected chi connectivity index (χ1v) is 7.39. The van der Waals surface area contributed by atoms with Crippen LogP contribution in [0.2, 0.25) is 0 Å². The number of nitrogens with zero attached hydrogens (tertiary/aromatic N) is 2. The van der Waals surface area contributed by atoms with Crippen LogP contribution in [-0.2, 0) is 6.54 Å². The highest BCUT2D eigenvalue weighted by atomic mass is 79.9. The fourth-order valence-electron chi connectivity index (χ4n) is 1.69. The highest BCUT2D eigenvalue weighted by Gasteiger charge is 2.06. The largest absolute Gasteiger partial charge is 0.369 e. The Morgan fingerprint density at radius 3 is 2.78 bits per heavy atom. The highest BCUT2D eigenvalue weighted by molar-refractivity contribution is 9.11. The van der Waals surface area contributed by atoms with Gasteiger partial charge in [0.25, 0.3) is 0 Å². The van der Waals surface area contributed by atoms with Crippen LogP contribution in [0.5, 0.6) is 0 Å². The van der Waals surface area contributed by atoms with E-state index in [1.165, 1.54) is 5.56 Å². The van der Waals surface area contributed by atoms with Crippen molar-refractivity contribution in [3.05, 3.63) is 44.8 Å². The molecule has 0 fully saturated rings. The van der Waals surface area contributed by atoms with Crippen molar-refractivity contribution in [2.24, 2.45) is 5.73 Å². The summed E-state index contributed by atoms with van der Waals surface area (Å²) in [4.78, 5) is 6.55. The van der Waals surface area contributed by atoms with Gasteiger partial charge in [-0.1, -0.05) is 0 Å². The van der Waals surface area contributed by atoms with Gasteiger partial charge in [-0.3, -0.25) is 4.98 Å². The second-order valence-electron chi connectivity index (χ2n) is 4.35. The summed E-state index contributed by atoms with van der Waals surface area (Å²) in [6.45, 7) is 2.82. The Morgan fingerprint density at radius 2 is 2.28 bits per heavy atom. The van der Waals surface area contributed by atoms with Gasteiger partial charge in [-0.15, -0.1) is 11.3 Å².